The van der Waals surface area contributed by atoms with Gasteiger partial charge in [-0.1, -0.05) is 24.3 Å². The summed E-state index contributed by atoms with van der Waals surface area (Å²) in [4.78, 5) is 50.2. The van der Waals surface area contributed by atoms with Gasteiger partial charge in [-0.15, -0.1) is 0 Å². The van der Waals surface area contributed by atoms with Gasteiger partial charge in [0.25, 0.3) is 5.91 Å². The van der Waals surface area contributed by atoms with Crippen LogP contribution in [-0.4, -0.2) is 48.3 Å². The van der Waals surface area contributed by atoms with E-state index < -0.39 is 18.0 Å². The number of hydrogen-bond donors (Lipinski definition) is 1. The molecule has 3 amide bonds. The van der Waals surface area contributed by atoms with Crippen LogP contribution in [0.3, 0.4) is 0 Å². The molecule has 8 nitrogen and oxygen atoms in total. The lowest BCUT2D eigenvalue weighted by Gasteiger charge is -2.16. The first-order chi connectivity index (χ1) is 14.4. The van der Waals surface area contributed by atoms with Crippen molar-refractivity contribution in [2.45, 2.75) is 38.8 Å². The van der Waals surface area contributed by atoms with Crippen molar-refractivity contribution in [2.75, 3.05) is 13.7 Å². The van der Waals surface area contributed by atoms with Crippen LogP contribution in [0.15, 0.2) is 36.4 Å². The number of fused-ring (bicyclic) bond motifs is 1. The summed E-state index contributed by atoms with van der Waals surface area (Å²) in [7, 11) is 1.58. The van der Waals surface area contributed by atoms with Crippen molar-refractivity contribution < 1.29 is 28.7 Å². The summed E-state index contributed by atoms with van der Waals surface area (Å²) in [6.07, 6.45) is 3.82. The van der Waals surface area contributed by atoms with Gasteiger partial charge in [-0.3, -0.25) is 24.1 Å². The zero-order valence-corrected chi connectivity index (χ0v) is 17.1. The number of allylic oxidation sites excluding steroid dienone is 2. The van der Waals surface area contributed by atoms with Crippen molar-refractivity contribution in [1.82, 2.24) is 10.2 Å². The van der Waals surface area contributed by atoms with E-state index in [4.69, 9.17) is 9.47 Å². The van der Waals surface area contributed by atoms with E-state index in [1.54, 1.807) is 19.2 Å². The highest BCUT2D eigenvalue weighted by Gasteiger charge is 2.47. The Labute approximate surface area is 175 Å². The van der Waals surface area contributed by atoms with E-state index in [9.17, 15) is 19.2 Å². The standard InChI is InChI=1S/C22H26N2O6/c1-14(20(26)23-13-15-7-9-16(29-2)10-8-15)30-19(25)11-12-24-21(27)17-5-3-4-6-18(17)22(24)28/h3-4,7-10,14,17-18H,5-6,11-13H2,1-2H3,(H,23,26)/t14-,17+,18+/m1/s1. The van der Waals surface area contributed by atoms with Crippen molar-refractivity contribution in [3.8, 4) is 5.75 Å². The van der Waals surface area contributed by atoms with Gasteiger partial charge >= 0.3 is 5.97 Å². The first-order valence-corrected chi connectivity index (χ1v) is 10.0. The van der Waals surface area contributed by atoms with E-state index in [1.165, 1.54) is 6.92 Å². The van der Waals surface area contributed by atoms with Crippen LogP contribution in [0.5, 0.6) is 5.75 Å². The highest BCUT2D eigenvalue weighted by atomic mass is 16.5. The maximum absolute atomic E-state index is 12.4. The Kier molecular flexibility index (Phi) is 6.87. The van der Waals surface area contributed by atoms with Gasteiger partial charge in [-0.2, -0.15) is 0 Å². The Bertz CT molecular complexity index is 822. The van der Waals surface area contributed by atoms with E-state index in [-0.39, 0.29) is 43.2 Å². The van der Waals surface area contributed by atoms with Gasteiger partial charge in [0.15, 0.2) is 6.10 Å². The number of benzene rings is 1. The topological polar surface area (TPSA) is 102 Å². The van der Waals surface area contributed by atoms with Crippen LogP contribution in [0, 0.1) is 11.8 Å². The van der Waals surface area contributed by atoms with Crippen molar-refractivity contribution in [3.63, 3.8) is 0 Å². The Hall–Kier alpha value is -3.16. The maximum Gasteiger partial charge on any atom is 0.308 e. The van der Waals surface area contributed by atoms with Crippen LogP contribution in [0.4, 0.5) is 0 Å². The lowest BCUT2D eigenvalue weighted by molar-refractivity contribution is -0.155. The lowest BCUT2D eigenvalue weighted by Crippen LogP contribution is -2.37. The molecule has 1 saturated heterocycles. The molecule has 0 aromatic heterocycles. The van der Waals surface area contributed by atoms with Gasteiger partial charge < -0.3 is 14.8 Å². The van der Waals surface area contributed by atoms with Crippen molar-refractivity contribution >= 4 is 23.7 Å². The molecule has 0 bridgehead atoms. The number of rotatable bonds is 8. The number of likely N-dealkylation sites (tertiary alicyclic amines) is 1. The second kappa shape index (κ2) is 9.56. The average Bonchev–Trinajstić information content (AvgIpc) is 3.01. The van der Waals surface area contributed by atoms with Crippen LogP contribution in [0.25, 0.3) is 0 Å². The third-order valence-electron chi connectivity index (χ3n) is 5.44. The fourth-order valence-electron chi connectivity index (χ4n) is 3.68. The van der Waals surface area contributed by atoms with Gasteiger partial charge in [0.2, 0.25) is 11.8 Å². The van der Waals surface area contributed by atoms with E-state index >= 15 is 0 Å². The third-order valence-corrected chi connectivity index (χ3v) is 5.44. The zero-order valence-electron chi connectivity index (χ0n) is 17.1. The van der Waals surface area contributed by atoms with Crippen molar-refractivity contribution in [3.05, 3.63) is 42.0 Å². The molecule has 8 heteroatoms. The summed E-state index contributed by atoms with van der Waals surface area (Å²) in [5, 5.41) is 2.70. The maximum atomic E-state index is 12.4. The molecule has 1 N–H and O–H groups in total. The second-order valence-electron chi connectivity index (χ2n) is 7.43. The Balaban J connectivity index is 1.42. The average molecular weight is 414 g/mol. The summed E-state index contributed by atoms with van der Waals surface area (Å²) in [5.74, 6) is -1.43. The smallest absolute Gasteiger partial charge is 0.308 e. The quantitative estimate of drug-likeness (QED) is 0.394. The summed E-state index contributed by atoms with van der Waals surface area (Å²) < 4.78 is 10.2. The Morgan fingerprint density at radius 3 is 2.27 bits per heavy atom. The number of ether oxygens (including phenoxy) is 2. The number of imide groups is 1. The van der Waals surface area contributed by atoms with E-state index in [2.05, 4.69) is 5.32 Å². The summed E-state index contributed by atoms with van der Waals surface area (Å²) in [5.41, 5.74) is 0.879. The van der Waals surface area contributed by atoms with Gasteiger partial charge in [0.05, 0.1) is 25.4 Å². The molecule has 30 heavy (non-hydrogen) atoms. The van der Waals surface area contributed by atoms with Gasteiger partial charge in [0, 0.05) is 13.1 Å². The number of nitrogens with zero attached hydrogens (tertiary/aromatic N) is 1. The molecule has 1 fully saturated rings. The molecule has 0 spiro atoms. The molecule has 3 atom stereocenters. The van der Waals surface area contributed by atoms with Crippen LogP contribution < -0.4 is 10.1 Å². The minimum Gasteiger partial charge on any atom is -0.497 e. The monoisotopic (exact) mass is 414 g/mol. The zero-order chi connectivity index (χ0) is 21.7. The number of amides is 3. The number of carbonyl (C=O) groups is 4. The molecule has 1 aromatic carbocycles. The number of methoxy groups -OCH3 is 1. The predicted octanol–water partition coefficient (Wildman–Crippen LogP) is 1.58. The number of hydrogen-bond acceptors (Lipinski definition) is 6. The van der Waals surface area contributed by atoms with Crippen LogP contribution >= 0.6 is 0 Å². The highest BCUT2D eigenvalue weighted by Crippen LogP contribution is 2.35. The van der Waals surface area contributed by atoms with Gasteiger partial charge in [0.1, 0.15) is 5.75 Å². The SMILES string of the molecule is COc1ccc(CNC(=O)[C@@H](C)OC(=O)CCN2C(=O)[C@H]3CC=CC[C@@H]3C2=O)cc1. The third kappa shape index (κ3) is 4.87. The first-order valence-electron chi connectivity index (χ1n) is 10.0. The second-order valence-corrected chi connectivity index (χ2v) is 7.43. The molecule has 1 aliphatic carbocycles. The normalized spacial score (nSPS) is 21.2. The van der Waals surface area contributed by atoms with E-state index in [1.807, 2.05) is 24.3 Å². The van der Waals surface area contributed by atoms with Crippen molar-refractivity contribution in [2.24, 2.45) is 11.8 Å². The number of carbonyl (C=O) groups excluding carboxylic acids is 4. The summed E-state index contributed by atoms with van der Waals surface area (Å²) in [6, 6.07) is 7.23. The predicted molar refractivity (Wildman–Crippen MR) is 107 cm³/mol. The van der Waals surface area contributed by atoms with E-state index in [0.29, 0.717) is 12.8 Å². The molecule has 0 saturated carbocycles. The number of nitrogens with one attached hydrogen (secondary N) is 1. The highest BCUT2D eigenvalue weighted by molar-refractivity contribution is 6.05. The summed E-state index contributed by atoms with van der Waals surface area (Å²) >= 11 is 0. The molecule has 0 radical (unpaired) electrons. The molecule has 160 valence electrons. The van der Waals surface area contributed by atoms with Gasteiger partial charge in [-0.25, -0.2) is 0 Å². The fraction of sp³-hybridized carbons (Fsp3) is 0.455. The minimum absolute atomic E-state index is 0.0241. The lowest BCUT2D eigenvalue weighted by atomic mass is 9.85. The molecule has 1 aliphatic heterocycles. The van der Waals surface area contributed by atoms with Crippen molar-refractivity contribution in [1.29, 1.82) is 0 Å². The molecular weight excluding hydrogens is 388 g/mol. The Morgan fingerprint density at radius 1 is 1.10 bits per heavy atom. The molecule has 1 heterocycles. The van der Waals surface area contributed by atoms with E-state index in [0.717, 1.165) is 16.2 Å². The molecule has 3 rings (SSSR count). The Morgan fingerprint density at radius 2 is 1.70 bits per heavy atom. The van der Waals surface area contributed by atoms with Crippen LogP contribution in [0.1, 0.15) is 31.7 Å². The summed E-state index contributed by atoms with van der Waals surface area (Å²) in [6.45, 7) is 1.75. The molecule has 0 unspecified atom stereocenters. The molecular formula is C22H26N2O6. The minimum atomic E-state index is -0.979. The fourth-order valence-corrected chi connectivity index (χ4v) is 3.68. The number of esters is 1. The van der Waals surface area contributed by atoms with Gasteiger partial charge in [-0.05, 0) is 37.5 Å². The molecule has 2 aliphatic rings. The van der Waals surface area contributed by atoms with Crippen LogP contribution in [-0.2, 0) is 30.5 Å². The first kappa shape index (κ1) is 21.5. The molecule has 1 aromatic rings. The van der Waals surface area contributed by atoms with Crippen LogP contribution in [0.2, 0.25) is 0 Å². The largest absolute Gasteiger partial charge is 0.497 e.